The summed E-state index contributed by atoms with van der Waals surface area (Å²) in [6.45, 7) is 4.39. The lowest BCUT2D eigenvalue weighted by Gasteiger charge is -2.44. The molecule has 2 aliphatic rings. The van der Waals surface area contributed by atoms with E-state index in [1.54, 1.807) is 0 Å². The number of para-hydroxylation sites is 2. The zero-order valence-electron chi connectivity index (χ0n) is 19.7. The summed E-state index contributed by atoms with van der Waals surface area (Å²) < 4.78 is 6.13. The minimum absolute atomic E-state index is 0.132. The highest BCUT2D eigenvalue weighted by Crippen LogP contribution is 2.38. The summed E-state index contributed by atoms with van der Waals surface area (Å²) in [4.78, 5) is 21.0. The predicted molar refractivity (Wildman–Crippen MR) is 133 cm³/mol. The van der Waals surface area contributed by atoms with Gasteiger partial charge in [-0.25, -0.2) is 0 Å². The third-order valence-corrected chi connectivity index (χ3v) is 7.58. The number of nitrogens with one attached hydrogen (secondary N) is 1. The van der Waals surface area contributed by atoms with Crippen LogP contribution in [0.4, 0.5) is 0 Å². The molecule has 5 nitrogen and oxygen atoms in total. The second-order valence-electron chi connectivity index (χ2n) is 9.96. The van der Waals surface area contributed by atoms with Crippen molar-refractivity contribution in [2.24, 2.45) is 5.41 Å². The summed E-state index contributed by atoms with van der Waals surface area (Å²) in [5.41, 5.74) is 3.34. The van der Waals surface area contributed by atoms with Crippen LogP contribution < -0.4 is 4.74 Å². The fraction of sp³-hybridized carbons (Fsp3) is 0.464. The summed E-state index contributed by atoms with van der Waals surface area (Å²) in [5.74, 6) is 1.18. The quantitative estimate of drug-likeness (QED) is 0.565. The van der Waals surface area contributed by atoms with Gasteiger partial charge in [0.05, 0.1) is 0 Å². The first-order valence-electron chi connectivity index (χ1n) is 12.4. The zero-order chi connectivity index (χ0) is 22.7. The maximum absolute atomic E-state index is 13.2. The number of aromatic amines is 1. The normalized spacial score (nSPS) is 20.0. The molecule has 0 saturated carbocycles. The van der Waals surface area contributed by atoms with Gasteiger partial charge in [-0.2, -0.15) is 0 Å². The molecule has 3 heterocycles. The number of amides is 1. The van der Waals surface area contributed by atoms with Gasteiger partial charge in [-0.15, -0.1) is 0 Å². The van der Waals surface area contributed by atoms with Gasteiger partial charge in [-0.05, 0) is 68.3 Å². The molecule has 1 fully saturated rings. The fourth-order valence-corrected chi connectivity index (χ4v) is 5.66. The van der Waals surface area contributed by atoms with Crippen molar-refractivity contribution in [2.75, 3.05) is 39.8 Å². The van der Waals surface area contributed by atoms with Crippen LogP contribution in [0.1, 0.15) is 48.2 Å². The number of likely N-dealkylation sites (N-methyl/N-ethyl adjacent to an activating group) is 1. The number of hydrogen-bond donors (Lipinski definition) is 1. The molecule has 33 heavy (non-hydrogen) atoms. The van der Waals surface area contributed by atoms with Gasteiger partial charge in [0.1, 0.15) is 18.1 Å². The number of ether oxygens (including phenoxy) is 1. The van der Waals surface area contributed by atoms with Gasteiger partial charge >= 0.3 is 0 Å². The van der Waals surface area contributed by atoms with Crippen LogP contribution in [0.5, 0.6) is 5.75 Å². The second-order valence-corrected chi connectivity index (χ2v) is 9.96. The van der Waals surface area contributed by atoms with E-state index in [4.69, 9.17) is 4.74 Å². The molecule has 3 aromatic rings. The molecule has 5 rings (SSSR count). The van der Waals surface area contributed by atoms with Crippen molar-refractivity contribution in [2.45, 2.75) is 38.5 Å². The number of H-pyrrole nitrogens is 1. The van der Waals surface area contributed by atoms with Crippen molar-refractivity contribution in [1.29, 1.82) is 0 Å². The van der Waals surface area contributed by atoms with Crippen LogP contribution in [0.2, 0.25) is 0 Å². The molecule has 0 aliphatic carbocycles. The van der Waals surface area contributed by atoms with Gasteiger partial charge in [0.15, 0.2) is 0 Å². The van der Waals surface area contributed by atoms with Gasteiger partial charge in [0, 0.05) is 37.1 Å². The number of likely N-dealkylation sites (tertiary alicyclic amines) is 1. The lowest BCUT2D eigenvalue weighted by Crippen LogP contribution is -2.48. The van der Waals surface area contributed by atoms with Crippen LogP contribution >= 0.6 is 0 Å². The second kappa shape index (κ2) is 9.60. The monoisotopic (exact) mass is 445 g/mol. The largest absolute Gasteiger partial charge is 0.492 e. The first-order valence-corrected chi connectivity index (χ1v) is 12.4. The molecule has 1 amide bonds. The van der Waals surface area contributed by atoms with Crippen LogP contribution in [0.25, 0.3) is 10.9 Å². The number of nitrogens with zero attached hydrogens (tertiary/aromatic N) is 2. The summed E-state index contributed by atoms with van der Waals surface area (Å²) in [5, 5.41) is 1.10. The van der Waals surface area contributed by atoms with Crippen LogP contribution in [-0.4, -0.2) is 60.5 Å². The number of fused-ring (bicyclic) bond motifs is 2. The van der Waals surface area contributed by atoms with E-state index in [1.165, 1.54) is 24.8 Å². The number of piperidine rings is 1. The summed E-state index contributed by atoms with van der Waals surface area (Å²) >= 11 is 0. The topological polar surface area (TPSA) is 48.6 Å². The molecular formula is C28H35N3O2. The smallest absolute Gasteiger partial charge is 0.270 e. The first-order chi connectivity index (χ1) is 16.1. The SMILES string of the molecule is CN1CCOc2ccccc2CCCCC2(CCN(C(=O)c3cc4ccccc4[nH]3)CC2)C1. The third kappa shape index (κ3) is 4.93. The average Bonchev–Trinajstić information content (AvgIpc) is 3.26. The summed E-state index contributed by atoms with van der Waals surface area (Å²) in [6.07, 6.45) is 6.85. The Labute approximate surface area is 196 Å². The lowest BCUT2D eigenvalue weighted by molar-refractivity contribution is 0.0421. The van der Waals surface area contributed by atoms with Gasteiger partial charge in [0.25, 0.3) is 5.91 Å². The van der Waals surface area contributed by atoms with E-state index in [1.807, 2.05) is 29.2 Å². The lowest BCUT2D eigenvalue weighted by atomic mass is 9.73. The van der Waals surface area contributed by atoms with E-state index < -0.39 is 0 Å². The van der Waals surface area contributed by atoms with Crippen molar-refractivity contribution < 1.29 is 9.53 Å². The van der Waals surface area contributed by atoms with Crippen LogP contribution in [0.3, 0.4) is 0 Å². The number of hydrogen-bond acceptors (Lipinski definition) is 3. The minimum atomic E-state index is 0.132. The van der Waals surface area contributed by atoms with E-state index in [-0.39, 0.29) is 11.3 Å². The van der Waals surface area contributed by atoms with Gasteiger partial charge < -0.3 is 19.5 Å². The maximum Gasteiger partial charge on any atom is 0.270 e. The standard InChI is InChI=1S/C28H35N3O2/c1-30-18-19-33-26-12-5-3-8-22(26)9-6-7-13-28(21-30)14-16-31(17-15-28)27(32)25-20-23-10-2-4-11-24(23)29-25/h2-5,8,10-12,20,29H,6-7,9,13-19,21H2,1H3. The first kappa shape index (κ1) is 22.0. The van der Waals surface area contributed by atoms with Gasteiger partial charge in [-0.3, -0.25) is 4.79 Å². The average molecular weight is 446 g/mol. The molecule has 1 spiro atoms. The van der Waals surface area contributed by atoms with E-state index in [0.29, 0.717) is 12.3 Å². The Morgan fingerprint density at radius 2 is 1.76 bits per heavy atom. The molecule has 2 aromatic carbocycles. The van der Waals surface area contributed by atoms with Gasteiger partial charge in [-0.1, -0.05) is 42.8 Å². The van der Waals surface area contributed by atoms with Crippen molar-refractivity contribution in [1.82, 2.24) is 14.8 Å². The molecule has 1 N–H and O–H groups in total. The highest BCUT2D eigenvalue weighted by molar-refractivity contribution is 5.98. The molecular weight excluding hydrogens is 410 g/mol. The van der Waals surface area contributed by atoms with Crippen molar-refractivity contribution in [3.63, 3.8) is 0 Å². The molecule has 0 radical (unpaired) electrons. The molecule has 0 bridgehead atoms. The Bertz CT molecular complexity index is 1060. The van der Waals surface area contributed by atoms with E-state index in [2.05, 4.69) is 47.3 Å². The maximum atomic E-state index is 13.2. The zero-order valence-corrected chi connectivity index (χ0v) is 19.7. The van der Waals surface area contributed by atoms with E-state index >= 15 is 0 Å². The predicted octanol–water partition coefficient (Wildman–Crippen LogP) is 5.13. The fourth-order valence-electron chi connectivity index (χ4n) is 5.66. The molecule has 0 atom stereocenters. The Morgan fingerprint density at radius 1 is 0.970 bits per heavy atom. The highest BCUT2D eigenvalue weighted by atomic mass is 16.5. The molecule has 0 unspecified atom stereocenters. The van der Waals surface area contributed by atoms with Crippen LogP contribution in [-0.2, 0) is 6.42 Å². The molecule has 2 aliphatic heterocycles. The molecule has 1 aromatic heterocycles. The highest BCUT2D eigenvalue weighted by Gasteiger charge is 2.37. The van der Waals surface area contributed by atoms with Crippen molar-refractivity contribution in [3.8, 4) is 5.75 Å². The van der Waals surface area contributed by atoms with Gasteiger partial charge in [0.2, 0.25) is 0 Å². The summed E-state index contributed by atoms with van der Waals surface area (Å²) in [7, 11) is 2.21. The number of carbonyl (C=O) groups excluding carboxylic acids is 1. The third-order valence-electron chi connectivity index (χ3n) is 7.58. The number of aromatic nitrogens is 1. The molecule has 1 saturated heterocycles. The molecule has 5 heteroatoms. The number of rotatable bonds is 1. The molecule has 174 valence electrons. The summed E-state index contributed by atoms with van der Waals surface area (Å²) in [6, 6.07) is 18.6. The number of aryl methyl sites for hydroxylation is 1. The van der Waals surface area contributed by atoms with E-state index in [9.17, 15) is 4.79 Å². The Kier molecular flexibility index (Phi) is 6.41. The van der Waals surface area contributed by atoms with Crippen molar-refractivity contribution >= 4 is 16.8 Å². The number of carbonyl (C=O) groups is 1. The Balaban J connectivity index is 1.24. The van der Waals surface area contributed by atoms with Crippen LogP contribution in [0.15, 0.2) is 54.6 Å². The number of benzene rings is 2. The van der Waals surface area contributed by atoms with Crippen LogP contribution in [0, 0.1) is 5.41 Å². The Morgan fingerprint density at radius 3 is 2.61 bits per heavy atom. The van der Waals surface area contributed by atoms with E-state index in [0.717, 1.165) is 62.1 Å². The Hall–Kier alpha value is -2.79. The van der Waals surface area contributed by atoms with Crippen molar-refractivity contribution in [3.05, 3.63) is 65.9 Å². The minimum Gasteiger partial charge on any atom is -0.492 e.